The molecule has 0 aliphatic carbocycles. The summed E-state index contributed by atoms with van der Waals surface area (Å²) in [6.07, 6.45) is 0.932. The Morgan fingerprint density at radius 3 is 2.80 bits per heavy atom. The van der Waals surface area contributed by atoms with Gasteiger partial charge < -0.3 is 9.64 Å². The molecular formula is C18H18N2O3S2. The minimum absolute atomic E-state index is 0.231. The van der Waals surface area contributed by atoms with Crippen LogP contribution in [0.25, 0.3) is 10.2 Å². The molecule has 0 fully saturated rings. The number of thiophene rings is 1. The molecule has 0 aliphatic rings. The van der Waals surface area contributed by atoms with Crippen LogP contribution in [-0.2, 0) is 27.3 Å². The number of rotatable bonds is 7. The number of fused-ring (bicyclic) bond motifs is 1. The summed E-state index contributed by atoms with van der Waals surface area (Å²) in [6.45, 7) is 0.176. The summed E-state index contributed by atoms with van der Waals surface area (Å²) >= 11 is 3.17. The van der Waals surface area contributed by atoms with E-state index >= 15 is 0 Å². The average Bonchev–Trinajstić information content (AvgIpc) is 3.26. The van der Waals surface area contributed by atoms with Crippen molar-refractivity contribution in [2.75, 3.05) is 13.7 Å². The van der Waals surface area contributed by atoms with Crippen molar-refractivity contribution < 1.29 is 14.3 Å². The van der Waals surface area contributed by atoms with Gasteiger partial charge in [-0.05, 0) is 30.0 Å². The van der Waals surface area contributed by atoms with E-state index in [2.05, 4.69) is 4.98 Å². The first kappa shape index (κ1) is 17.6. The molecule has 0 radical (unpaired) electrons. The summed E-state index contributed by atoms with van der Waals surface area (Å²) in [6, 6.07) is 11.8. The second-order valence-electron chi connectivity index (χ2n) is 5.57. The van der Waals surface area contributed by atoms with Crippen LogP contribution >= 0.6 is 22.7 Å². The maximum atomic E-state index is 12.1. The maximum Gasteiger partial charge on any atom is 0.306 e. The van der Waals surface area contributed by atoms with Gasteiger partial charge in [0.05, 0.1) is 23.2 Å². The predicted molar refractivity (Wildman–Crippen MR) is 99.7 cm³/mol. The molecule has 7 heteroatoms. The van der Waals surface area contributed by atoms with Crippen LogP contribution in [0.2, 0.25) is 0 Å². The highest BCUT2D eigenvalue weighted by atomic mass is 32.1. The van der Waals surface area contributed by atoms with Gasteiger partial charge >= 0.3 is 5.97 Å². The zero-order valence-corrected chi connectivity index (χ0v) is 15.4. The van der Waals surface area contributed by atoms with Crippen molar-refractivity contribution in [1.29, 1.82) is 0 Å². The topological polar surface area (TPSA) is 59.5 Å². The number of aryl methyl sites for hydroxylation is 1. The molecule has 0 unspecified atom stereocenters. The van der Waals surface area contributed by atoms with Crippen LogP contribution in [0.3, 0.4) is 0 Å². The van der Waals surface area contributed by atoms with Crippen molar-refractivity contribution in [3.63, 3.8) is 0 Å². The van der Waals surface area contributed by atoms with Crippen molar-refractivity contribution >= 4 is 44.8 Å². The van der Waals surface area contributed by atoms with Gasteiger partial charge in [0.25, 0.3) is 5.91 Å². The van der Waals surface area contributed by atoms with E-state index in [1.165, 1.54) is 4.90 Å². The minimum atomic E-state index is -0.352. The van der Waals surface area contributed by atoms with E-state index in [-0.39, 0.29) is 24.9 Å². The normalized spacial score (nSPS) is 10.8. The van der Waals surface area contributed by atoms with Gasteiger partial charge in [0.2, 0.25) is 0 Å². The second-order valence-corrected chi connectivity index (χ2v) is 7.71. The predicted octanol–water partition coefficient (Wildman–Crippen LogP) is 3.49. The Morgan fingerprint density at radius 2 is 2.04 bits per heavy atom. The van der Waals surface area contributed by atoms with Crippen molar-refractivity contribution in [3.8, 4) is 0 Å². The number of nitrogens with zero attached hydrogens (tertiary/aromatic N) is 2. The third-order valence-corrected chi connectivity index (χ3v) is 5.61. The van der Waals surface area contributed by atoms with Crippen LogP contribution in [0.5, 0.6) is 0 Å². The molecule has 2 aromatic heterocycles. The monoisotopic (exact) mass is 374 g/mol. The molecule has 0 saturated heterocycles. The third kappa shape index (κ3) is 4.87. The first-order chi connectivity index (χ1) is 12.1. The molecular weight excluding hydrogens is 356 g/mol. The summed E-state index contributed by atoms with van der Waals surface area (Å²) in [5, 5.41) is 2.84. The van der Waals surface area contributed by atoms with Crippen LogP contribution in [0, 0.1) is 0 Å². The molecule has 0 saturated carbocycles. The Kier molecular flexibility index (Phi) is 5.78. The summed E-state index contributed by atoms with van der Waals surface area (Å²) < 4.78 is 6.17. The van der Waals surface area contributed by atoms with Crippen LogP contribution in [0.1, 0.15) is 16.3 Å². The Labute approximate surface area is 153 Å². The molecule has 0 aliphatic heterocycles. The number of carbonyl (C=O) groups excluding carboxylic acids is 2. The quantitative estimate of drug-likeness (QED) is 0.594. The number of likely N-dealkylation sites (N-methyl/N-ethyl adjacent to an activating group) is 1. The number of esters is 1. The smallest absolute Gasteiger partial charge is 0.306 e. The van der Waals surface area contributed by atoms with Gasteiger partial charge in [-0.25, -0.2) is 4.98 Å². The van der Waals surface area contributed by atoms with Gasteiger partial charge in [0.1, 0.15) is 5.01 Å². The molecule has 2 heterocycles. The molecule has 0 bridgehead atoms. The second kappa shape index (κ2) is 8.22. The molecule has 130 valence electrons. The highest BCUT2D eigenvalue weighted by molar-refractivity contribution is 7.18. The maximum absolute atomic E-state index is 12.1. The fourth-order valence-electron chi connectivity index (χ4n) is 2.28. The molecule has 0 spiro atoms. The number of amides is 1. The Morgan fingerprint density at radius 1 is 1.20 bits per heavy atom. The van der Waals surface area contributed by atoms with Gasteiger partial charge in [-0.15, -0.1) is 22.7 Å². The van der Waals surface area contributed by atoms with Crippen LogP contribution in [-0.4, -0.2) is 35.4 Å². The van der Waals surface area contributed by atoms with Crippen molar-refractivity contribution in [2.45, 2.75) is 19.4 Å². The average molecular weight is 374 g/mol. The molecule has 1 amide bonds. The third-order valence-electron chi connectivity index (χ3n) is 3.65. The molecule has 0 N–H and O–H groups in total. The summed E-state index contributed by atoms with van der Waals surface area (Å²) in [4.78, 5) is 31.0. The molecule has 25 heavy (non-hydrogen) atoms. The number of benzene rings is 1. The van der Waals surface area contributed by atoms with E-state index < -0.39 is 0 Å². The zero-order chi connectivity index (χ0) is 17.6. The molecule has 3 rings (SSSR count). The minimum Gasteiger partial charge on any atom is -0.456 e. The lowest BCUT2D eigenvalue weighted by atomic mass is 10.3. The molecule has 0 atom stereocenters. The lowest BCUT2D eigenvalue weighted by molar-refractivity contribution is -0.151. The highest BCUT2D eigenvalue weighted by Crippen LogP contribution is 2.22. The molecule has 5 nitrogen and oxygen atoms in total. The first-order valence-corrected chi connectivity index (χ1v) is 9.58. The lowest BCUT2D eigenvalue weighted by Crippen LogP contribution is -2.30. The van der Waals surface area contributed by atoms with E-state index in [4.69, 9.17) is 4.74 Å². The number of hydrogen-bond donors (Lipinski definition) is 0. The summed E-state index contributed by atoms with van der Waals surface area (Å²) in [5.74, 6) is -0.584. The van der Waals surface area contributed by atoms with E-state index in [0.717, 1.165) is 20.1 Å². The molecule has 3 aromatic rings. The Balaban J connectivity index is 1.44. The van der Waals surface area contributed by atoms with Crippen LogP contribution in [0.15, 0.2) is 41.8 Å². The van der Waals surface area contributed by atoms with Crippen molar-refractivity contribution in [3.05, 3.63) is 51.7 Å². The van der Waals surface area contributed by atoms with Crippen molar-refractivity contribution in [2.24, 2.45) is 0 Å². The number of para-hydroxylation sites is 1. The van der Waals surface area contributed by atoms with Crippen molar-refractivity contribution in [1.82, 2.24) is 9.88 Å². The fraction of sp³-hybridized carbons (Fsp3) is 0.278. The van der Waals surface area contributed by atoms with E-state index in [9.17, 15) is 9.59 Å². The number of hydrogen-bond acceptors (Lipinski definition) is 6. The first-order valence-electron chi connectivity index (χ1n) is 7.88. The Hall–Kier alpha value is -2.25. The lowest BCUT2D eigenvalue weighted by Gasteiger charge is -2.15. The van der Waals surface area contributed by atoms with Gasteiger partial charge in [-0.1, -0.05) is 18.2 Å². The number of thiazole rings is 1. The van der Waals surface area contributed by atoms with Gasteiger partial charge in [-0.3, -0.25) is 9.59 Å². The highest BCUT2D eigenvalue weighted by Gasteiger charge is 2.14. The van der Waals surface area contributed by atoms with Crippen LogP contribution in [0.4, 0.5) is 0 Å². The van der Waals surface area contributed by atoms with Gasteiger partial charge in [0, 0.05) is 11.9 Å². The molecule has 1 aromatic carbocycles. The zero-order valence-electron chi connectivity index (χ0n) is 13.8. The number of ether oxygens (including phenoxy) is 1. The van der Waals surface area contributed by atoms with E-state index in [0.29, 0.717) is 13.0 Å². The summed E-state index contributed by atoms with van der Waals surface area (Å²) in [7, 11) is 1.69. The van der Waals surface area contributed by atoms with Crippen LogP contribution < -0.4 is 0 Å². The van der Waals surface area contributed by atoms with Gasteiger partial charge in [0.15, 0.2) is 6.61 Å². The largest absolute Gasteiger partial charge is 0.456 e. The standard InChI is InChI=1S/C18H18N2O3S2/c1-20(11-16-19-14-6-2-3-7-15(14)25-16)17(21)12-23-18(22)9-8-13-5-4-10-24-13/h2-7,10H,8-9,11-12H2,1H3. The fourth-order valence-corrected chi connectivity index (χ4v) is 4.01. The van der Waals surface area contributed by atoms with E-state index in [1.54, 1.807) is 29.7 Å². The number of carbonyl (C=O) groups is 2. The number of aromatic nitrogens is 1. The van der Waals surface area contributed by atoms with Gasteiger partial charge in [-0.2, -0.15) is 0 Å². The summed E-state index contributed by atoms with van der Waals surface area (Å²) in [5.41, 5.74) is 0.934. The SMILES string of the molecule is CN(Cc1nc2ccccc2s1)C(=O)COC(=O)CCc1cccs1. The Bertz CT molecular complexity index is 825. The van der Waals surface area contributed by atoms with E-state index in [1.807, 2.05) is 41.8 Å².